The van der Waals surface area contributed by atoms with E-state index in [0.29, 0.717) is 19.6 Å². The van der Waals surface area contributed by atoms with Crippen LogP contribution in [0.4, 0.5) is 0 Å². The van der Waals surface area contributed by atoms with Crippen LogP contribution in [0.25, 0.3) is 0 Å². The molecular weight excluding hydrogens is 282 g/mol. The molecule has 1 heterocycles. The number of likely N-dealkylation sites (tertiary alicyclic amines) is 1. The standard InChI is InChI=1S/C16H23N3O3/c1-22-14-6-4-12(5-7-14)9-18-15(20)11-19-8-2-3-13(10-19)16(17)21/h4-7,13H,2-3,8-11H2,1H3,(H2,17,21)(H,18,20)/p+1/t13-/m0/s1. The van der Waals surface area contributed by atoms with Gasteiger partial charge in [0.25, 0.3) is 5.91 Å². The summed E-state index contributed by atoms with van der Waals surface area (Å²) >= 11 is 0. The van der Waals surface area contributed by atoms with Gasteiger partial charge in [0.2, 0.25) is 5.91 Å². The quantitative estimate of drug-likeness (QED) is 0.636. The van der Waals surface area contributed by atoms with Crippen LogP contribution in [-0.4, -0.2) is 38.6 Å². The minimum atomic E-state index is -0.254. The van der Waals surface area contributed by atoms with Crippen molar-refractivity contribution < 1.29 is 19.2 Å². The van der Waals surface area contributed by atoms with Crippen LogP contribution in [0.5, 0.6) is 5.75 Å². The number of methoxy groups -OCH3 is 1. The molecule has 2 atom stereocenters. The van der Waals surface area contributed by atoms with Crippen LogP contribution in [0.2, 0.25) is 0 Å². The Hall–Kier alpha value is -2.08. The largest absolute Gasteiger partial charge is 0.497 e. The number of hydrogen-bond donors (Lipinski definition) is 3. The first-order valence-electron chi connectivity index (χ1n) is 7.61. The fourth-order valence-electron chi connectivity index (χ4n) is 2.79. The summed E-state index contributed by atoms with van der Waals surface area (Å²) in [7, 11) is 1.62. The topological polar surface area (TPSA) is 85.9 Å². The monoisotopic (exact) mass is 306 g/mol. The van der Waals surface area contributed by atoms with E-state index in [4.69, 9.17) is 10.5 Å². The maximum absolute atomic E-state index is 12.0. The number of piperidine rings is 1. The van der Waals surface area contributed by atoms with Crippen LogP contribution in [0.1, 0.15) is 18.4 Å². The van der Waals surface area contributed by atoms with Crippen molar-refractivity contribution in [3.05, 3.63) is 29.8 Å². The lowest BCUT2D eigenvalue weighted by Gasteiger charge is -2.27. The van der Waals surface area contributed by atoms with E-state index in [1.54, 1.807) is 7.11 Å². The van der Waals surface area contributed by atoms with Gasteiger partial charge in [-0.2, -0.15) is 0 Å². The second-order valence-electron chi connectivity index (χ2n) is 5.75. The van der Waals surface area contributed by atoms with Crippen LogP contribution >= 0.6 is 0 Å². The van der Waals surface area contributed by atoms with Crippen molar-refractivity contribution in [2.75, 3.05) is 26.7 Å². The van der Waals surface area contributed by atoms with Crippen molar-refractivity contribution in [3.8, 4) is 5.75 Å². The van der Waals surface area contributed by atoms with Crippen molar-refractivity contribution in [1.82, 2.24) is 5.32 Å². The molecule has 1 fully saturated rings. The zero-order valence-electron chi connectivity index (χ0n) is 12.9. The Morgan fingerprint density at radius 3 is 2.73 bits per heavy atom. The van der Waals surface area contributed by atoms with Crippen molar-refractivity contribution in [1.29, 1.82) is 0 Å². The average Bonchev–Trinajstić information content (AvgIpc) is 2.53. The van der Waals surface area contributed by atoms with E-state index in [1.807, 2.05) is 24.3 Å². The number of nitrogens with one attached hydrogen (secondary N) is 2. The Kier molecular flexibility index (Phi) is 5.77. The first-order valence-corrected chi connectivity index (χ1v) is 7.61. The number of hydrogen-bond acceptors (Lipinski definition) is 3. The van der Waals surface area contributed by atoms with Gasteiger partial charge in [-0.05, 0) is 30.5 Å². The summed E-state index contributed by atoms with van der Waals surface area (Å²) in [5.41, 5.74) is 6.38. The van der Waals surface area contributed by atoms with Crippen molar-refractivity contribution in [2.45, 2.75) is 19.4 Å². The summed E-state index contributed by atoms with van der Waals surface area (Å²) in [5, 5.41) is 2.91. The number of quaternary nitrogens is 1. The number of carbonyl (C=O) groups is 2. The van der Waals surface area contributed by atoms with Gasteiger partial charge in [0.1, 0.15) is 5.75 Å². The number of rotatable bonds is 6. The van der Waals surface area contributed by atoms with Gasteiger partial charge < -0.3 is 20.7 Å². The van der Waals surface area contributed by atoms with Gasteiger partial charge in [-0.1, -0.05) is 12.1 Å². The SMILES string of the molecule is COc1ccc(CNC(=O)C[NH+]2CCC[C@H](C(N)=O)C2)cc1. The molecule has 1 aliphatic heterocycles. The highest BCUT2D eigenvalue weighted by Gasteiger charge is 2.28. The van der Waals surface area contributed by atoms with E-state index in [0.717, 1.165) is 35.6 Å². The molecule has 22 heavy (non-hydrogen) atoms. The van der Waals surface area contributed by atoms with Gasteiger partial charge in [-0.3, -0.25) is 9.59 Å². The van der Waals surface area contributed by atoms with Crippen molar-refractivity contribution in [2.24, 2.45) is 11.7 Å². The number of nitrogens with two attached hydrogens (primary N) is 1. The second kappa shape index (κ2) is 7.79. The van der Waals surface area contributed by atoms with E-state index in [9.17, 15) is 9.59 Å². The molecule has 0 saturated carbocycles. The first-order chi connectivity index (χ1) is 10.6. The smallest absolute Gasteiger partial charge is 0.275 e. The number of benzene rings is 1. The highest BCUT2D eigenvalue weighted by atomic mass is 16.5. The maximum atomic E-state index is 12.0. The van der Waals surface area contributed by atoms with Crippen LogP contribution in [0, 0.1) is 5.92 Å². The number of carbonyl (C=O) groups excluding carboxylic acids is 2. The summed E-state index contributed by atoms with van der Waals surface area (Å²) in [6.07, 6.45) is 1.78. The highest BCUT2D eigenvalue weighted by Crippen LogP contribution is 2.10. The molecule has 1 aromatic rings. The van der Waals surface area contributed by atoms with Gasteiger partial charge >= 0.3 is 0 Å². The molecule has 1 unspecified atom stereocenters. The molecule has 0 radical (unpaired) electrons. The molecule has 0 bridgehead atoms. The number of amides is 2. The lowest BCUT2D eigenvalue weighted by molar-refractivity contribution is -0.899. The maximum Gasteiger partial charge on any atom is 0.275 e. The van der Waals surface area contributed by atoms with Crippen LogP contribution in [0.3, 0.4) is 0 Å². The van der Waals surface area contributed by atoms with Crippen molar-refractivity contribution in [3.63, 3.8) is 0 Å². The minimum absolute atomic E-state index is 0.00376. The molecule has 120 valence electrons. The zero-order chi connectivity index (χ0) is 15.9. The van der Waals surface area contributed by atoms with Crippen molar-refractivity contribution >= 4 is 11.8 Å². The summed E-state index contributed by atoms with van der Waals surface area (Å²) in [6.45, 7) is 2.46. The van der Waals surface area contributed by atoms with E-state index < -0.39 is 0 Å². The fourth-order valence-corrected chi connectivity index (χ4v) is 2.79. The Bertz CT molecular complexity index is 516. The lowest BCUT2D eigenvalue weighted by atomic mass is 9.97. The third-order valence-electron chi connectivity index (χ3n) is 4.08. The predicted octanol–water partition coefficient (Wildman–Crippen LogP) is -0.908. The predicted molar refractivity (Wildman–Crippen MR) is 82.3 cm³/mol. The molecule has 6 heteroatoms. The molecular formula is C16H24N3O3+. The van der Waals surface area contributed by atoms with Gasteiger partial charge in [0.05, 0.1) is 26.1 Å². The van der Waals surface area contributed by atoms with Crippen LogP contribution in [0.15, 0.2) is 24.3 Å². The molecule has 0 aromatic heterocycles. The molecule has 4 N–H and O–H groups in total. The lowest BCUT2D eigenvalue weighted by Crippen LogP contribution is -3.14. The Morgan fingerprint density at radius 1 is 1.36 bits per heavy atom. The molecule has 2 rings (SSSR count). The number of ether oxygens (including phenoxy) is 1. The average molecular weight is 306 g/mol. The summed E-state index contributed by atoms with van der Waals surface area (Å²) in [4.78, 5) is 24.4. The molecule has 2 amide bonds. The summed E-state index contributed by atoms with van der Waals surface area (Å²) < 4.78 is 5.10. The Morgan fingerprint density at radius 2 is 2.09 bits per heavy atom. The molecule has 6 nitrogen and oxygen atoms in total. The van der Waals surface area contributed by atoms with E-state index >= 15 is 0 Å². The molecule has 1 saturated heterocycles. The number of primary amides is 1. The van der Waals surface area contributed by atoms with E-state index in [2.05, 4.69) is 5.32 Å². The van der Waals surface area contributed by atoms with Crippen LogP contribution < -0.4 is 20.7 Å². The first kappa shape index (κ1) is 16.3. The van der Waals surface area contributed by atoms with Gasteiger partial charge in [0.15, 0.2) is 6.54 Å². The van der Waals surface area contributed by atoms with Gasteiger partial charge in [-0.15, -0.1) is 0 Å². The second-order valence-corrected chi connectivity index (χ2v) is 5.75. The third kappa shape index (κ3) is 4.73. The molecule has 0 aliphatic carbocycles. The highest BCUT2D eigenvalue weighted by molar-refractivity contribution is 5.77. The molecule has 1 aliphatic rings. The molecule has 0 spiro atoms. The Balaban J connectivity index is 1.76. The Labute approximate surface area is 130 Å². The summed E-state index contributed by atoms with van der Waals surface area (Å²) in [6, 6.07) is 7.59. The van der Waals surface area contributed by atoms with Gasteiger partial charge in [0, 0.05) is 6.54 Å². The normalized spacial score (nSPS) is 21.1. The van der Waals surface area contributed by atoms with E-state index in [1.165, 1.54) is 0 Å². The molecule has 1 aromatic carbocycles. The summed E-state index contributed by atoms with van der Waals surface area (Å²) in [5.74, 6) is 0.440. The third-order valence-corrected chi connectivity index (χ3v) is 4.08. The van der Waals surface area contributed by atoms with Gasteiger partial charge in [-0.25, -0.2) is 0 Å². The van der Waals surface area contributed by atoms with Crippen LogP contribution in [-0.2, 0) is 16.1 Å². The fraction of sp³-hybridized carbons (Fsp3) is 0.500. The minimum Gasteiger partial charge on any atom is -0.497 e. The van der Waals surface area contributed by atoms with E-state index in [-0.39, 0.29) is 17.7 Å². The zero-order valence-corrected chi connectivity index (χ0v) is 12.9.